The first-order valence-electron chi connectivity index (χ1n) is 8.31. The predicted molar refractivity (Wildman–Crippen MR) is 110 cm³/mol. The Balaban J connectivity index is 2.45. The maximum Gasteiger partial charge on any atom is 0.234 e. The number of aliphatic imine (C=N–C) groups is 2. The van der Waals surface area contributed by atoms with Gasteiger partial charge in [-0.3, -0.25) is 15.8 Å². The highest BCUT2D eigenvalue weighted by Gasteiger charge is 2.36. The molecule has 27 heavy (non-hydrogen) atoms. The molecular weight excluding hydrogens is 340 g/mol. The molecule has 140 valence electrons. The molecule has 7 heteroatoms. The van der Waals surface area contributed by atoms with Gasteiger partial charge in [0.15, 0.2) is 5.70 Å². The molecule has 0 aliphatic carbocycles. The van der Waals surface area contributed by atoms with Crippen LogP contribution in [-0.2, 0) is 10.5 Å². The first kappa shape index (κ1) is 19.9. The third-order valence-corrected chi connectivity index (χ3v) is 3.91. The topological polar surface area (TPSA) is 108 Å². The highest BCUT2D eigenvalue weighted by Crippen LogP contribution is 2.29. The molecule has 7 nitrogen and oxygen atoms in total. The Labute approximate surface area is 159 Å². The summed E-state index contributed by atoms with van der Waals surface area (Å²) in [5, 5.41) is 7.92. The van der Waals surface area contributed by atoms with Crippen LogP contribution in [-0.4, -0.2) is 18.3 Å². The Kier molecular flexibility index (Phi) is 6.46. The van der Waals surface area contributed by atoms with Gasteiger partial charge >= 0.3 is 0 Å². The minimum Gasteiger partial charge on any atom is -0.449 e. The Morgan fingerprint density at radius 1 is 1.33 bits per heavy atom. The molecule has 1 unspecified atom stereocenters. The number of benzene rings is 1. The van der Waals surface area contributed by atoms with Crippen LogP contribution in [0.15, 0.2) is 88.5 Å². The molecule has 0 amide bonds. The fraction of sp³-hybridized carbons (Fsp3) is 0.150. The number of nitrogens with zero attached hydrogens (tertiary/aromatic N) is 2. The lowest BCUT2D eigenvalue weighted by Gasteiger charge is -2.22. The second-order valence-corrected chi connectivity index (χ2v) is 5.79. The zero-order valence-electron chi connectivity index (χ0n) is 15.5. The van der Waals surface area contributed by atoms with Crippen LogP contribution in [0.25, 0.3) is 0 Å². The number of amidine groups is 1. The van der Waals surface area contributed by atoms with Gasteiger partial charge in [-0.1, -0.05) is 43.0 Å². The number of hydrogen-bond acceptors (Lipinski definition) is 6. The van der Waals surface area contributed by atoms with Crippen LogP contribution < -0.4 is 16.6 Å². The van der Waals surface area contributed by atoms with Crippen LogP contribution in [0.3, 0.4) is 0 Å². The lowest BCUT2D eigenvalue weighted by molar-refractivity contribution is 0.0354. The summed E-state index contributed by atoms with van der Waals surface area (Å²) in [7, 11) is 0. The Morgan fingerprint density at radius 2 is 2.04 bits per heavy atom. The van der Waals surface area contributed by atoms with E-state index in [2.05, 4.69) is 34.1 Å². The van der Waals surface area contributed by atoms with Crippen LogP contribution in [0.4, 0.5) is 0 Å². The fourth-order valence-corrected chi connectivity index (χ4v) is 2.47. The second kappa shape index (κ2) is 8.77. The molecule has 1 heterocycles. The van der Waals surface area contributed by atoms with Crippen LogP contribution in [0, 0.1) is 5.41 Å². The molecule has 0 saturated carbocycles. The molecule has 0 bridgehead atoms. The zero-order valence-corrected chi connectivity index (χ0v) is 15.5. The number of hydrogen-bond donors (Lipinski definition) is 4. The van der Waals surface area contributed by atoms with Gasteiger partial charge in [0.05, 0.1) is 5.71 Å². The Bertz CT molecular complexity index is 850. The van der Waals surface area contributed by atoms with Crippen molar-refractivity contribution >= 4 is 18.3 Å². The summed E-state index contributed by atoms with van der Waals surface area (Å²) >= 11 is 0. The molecule has 1 aromatic carbocycles. The average Bonchev–Trinajstić information content (AvgIpc) is 3.08. The summed E-state index contributed by atoms with van der Waals surface area (Å²) in [6.45, 7) is 10.9. The Morgan fingerprint density at radius 3 is 2.59 bits per heavy atom. The minimum atomic E-state index is -0.822. The van der Waals surface area contributed by atoms with Crippen LogP contribution in [0.1, 0.15) is 19.4 Å². The molecular formula is C20H24N6O. The highest BCUT2D eigenvalue weighted by molar-refractivity contribution is 6.12. The van der Waals surface area contributed by atoms with E-state index in [1.165, 1.54) is 0 Å². The molecule has 1 aliphatic heterocycles. The number of hydrazine groups is 1. The smallest absolute Gasteiger partial charge is 0.234 e. The standard InChI is InChI=1S/C20H24N6O/c1-5-14(12-13-23-4)16(6-2)24-17(18(21)22)19-25-26-20(3,27-19)15-10-8-7-9-11-15/h5-13,25-26H,2,4H2,1,3H3,(H3,21,22)/b13-12-,14-5+,19-17?,24-16?. The van der Waals surface area contributed by atoms with E-state index in [4.69, 9.17) is 15.9 Å². The minimum absolute atomic E-state index is 0.163. The van der Waals surface area contributed by atoms with Crippen molar-refractivity contribution in [1.29, 1.82) is 5.41 Å². The van der Waals surface area contributed by atoms with Gasteiger partial charge in [0, 0.05) is 11.8 Å². The zero-order chi connectivity index (χ0) is 19.9. The van der Waals surface area contributed by atoms with Crippen LogP contribution in [0.2, 0.25) is 0 Å². The molecule has 1 fully saturated rings. The van der Waals surface area contributed by atoms with Gasteiger partial charge in [-0.2, -0.15) is 5.43 Å². The first-order chi connectivity index (χ1) is 12.9. The molecule has 0 aromatic heterocycles. The molecule has 0 spiro atoms. The number of nitrogens with one attached hydrogen (secondary N) is 3. The maximum absolute atomic E-state index is 7.92. The number of ether oxygens (including phenoxy) is 1. The van der Waals surface area contributed by atoms with Gasteiger partial charge in [-0.25, -0.2) is 4.99 Å². The van der Waals surface area contributed by atoms with Crippen molar-refractivity contribution in [2.24, 2.45) is 15.7 Å². The van der Waals surface area contributed by atoms with Crippen molar-refractivity contribution in [3.63, 3.8) is 0 Å². The number of nitrogens with two attached hydrogens (primary N) is 1. The number of allylic oxidation sites excluding steroid dienone is 4. The maximum atomic E-state index is 7.92. The quantitative estimate of drug-likeness (QED) is 0.339. The van der Waals surface area contributed by atoms with Crippen molar-refractivity contribution < 1.29 is 4.74 Å². The summed E-state index contributed by atoms with van der Waals surface area (Å²) < 4.78 is 6.03. The van der Waals surface area contributed by atoms with Gasteiger partial charge in [0.2, 0.25) is 11.6 Å². The van der Waals surface area contributed by atoms with Gasteiger partial charge in [0.1, 0.15) is 5.84 Å². The molecule has 1 aliphatic rings. The lowest BCUT2D eigenvalue weighted by Crippen LogP contribution is -2.39. The van der Waals surface area contributed by atoms with Gasteiger partial charge < -0.3 is 10.5 Å². The first-order valence-corrected chi connectivity index (χ1v) is 8.31. The predicted octanol–water partition coefficient (Wildman–Crippen LogP) is 2.88. The van der Waals surface area contributed by atoms with Crippen molar-refractivity contribution in [2.45, 2.75) is 19.6 Å². The lowest BCUT2D eigenvalue weighted by atomic mass is 10.1. The average molecular weight is 364 g/mol. The van der Waals surface area contributed by atoms with E-state index in [1.54, 1.807) is 18.4 Å². The van der Waals surface area contributed by atoms with E-state index in [1.807, 2.05) is 50.3 Å². The second-order valence-electron chi connectivity index (χ2n) is 5.79. The van der Waals surface area contributed by atoms with E-state index in [-0.39, 0.29) is 17.4 Å². The summed E-state index contributed by atoms with van der Waals surface area (Å²) in [5.41, 5.74) is 13.3. The molecule has 1 atom stereocenters. The Hall–Kier alpha value is -3.45. The van der Waals surface area contributed by atoms with Gasteiger partial charge in [-0.15, -0.1) is 0 Å². The molecule has 0 radical (unpaired) electrons. The molecule has 1 saturated heterocycles. The summed E-state index contributed by atoms with van der Waals surface area (Å²) in [5.74, 6) is 0.0201. The largest absolute Gasteiger partial charge is 0.449 e. The molecule has 5 N–H and O–H groups in total. The van der Waals surface area contributed by atoms with Gasteiger partial charge in [-0.05, 0) is 38.3 Å². The fourth-order valence-electron chi connectivity index (χ4n) is 2.47. The van der Waals surface area contributed by atoms with E-state index in [9.17, 15) is 0 Å². The van der Waals surface area contributed by atoms with Crippen LogP contribution >= 0.6 is 0 Å². The van der Waals surface area contributed by atoms with E-state index in [0.29, 0.717) is 5.71 Å². The summed E-state index contributed by atoms with van der Waals surface area (Å²) in [6, 6.07) is 9.65. The molecule has 1 aromatic rings. The third-order valence-electron chi connectivity index (χ3n) is 3.91. The van der Waals surface area contributed by atoms with E-state index in [0.717, 1.165) is 11.1 Å². The van der Waals surface area contributed by atoms with Crippen molar-refractivity contribution in [3.8, 4) is 0 Å². The summed E-state index contributed by atoms with van der Waals surface area (Å²) in [6.07, 6.45) is 6.71. The normalized spacial score (nSPS) is 22.1. The van der Waals surface area contributed by atoms with E-state index < -0.39 is 5.72 Å². The van der Waals surface area contributed by atoms with Gasteiger partial charge in [0.25, 0.3) is 0 Å². The summed E-state index contributed by atoms with van der Waals surface area (Å²) in [4.78, 5) is 8.18. The van der Waals surface area contributed by atoms with Crippen molar-refractivity contribution in [2.75, 3.05) is 0 Å². The number of rotatable bonds is 7. The van der Waals surface area contributed by atoms with Crippen molar-refractivity contribution in [1.82, 2.24) is 10.9 Å². The van der Waals surface area contributed by atoms with Crippen molar-refractivity contribution in [3.05, 3.63) is 84.1 Å². The van der Waals surface area contributed by atoms with E-state index >= 15 is 0 Å². The van der Waals surface area contributed by atoms with Crippen LogP contribution in [0.5, 0.6) is 0 Å². The highest BCUT2D eigenvalue weighted by atomic mass is 16.6. The SMILES string of the molecule is C=CC(=NC(C(=N)N)=C1NNC(C)(c2ccccc2)O1)C(/C=C\N=C)=C/C. The monoisotopic (exact) mass is 364 g/mol. The molecule has 2 rings (SSSR count). The third kappa shape index (κ3) is 4.59.